The Balaban J connectivity index is 0.00000264. The van der Waals surface area contributed by atoms with E-state index in [1.807, 2.05) is 6.92 Å². The molecule has 134 valence electrons. The minimum atomic E-state index is -0.477. The Morgan fingerprint density at radius 1 is 1.12 bits per heavy atom. The molecule has 0 radical (unpaired) electrons. The molecular weight excluding hydrogens is 357 g/mol. The van der Waals surface area contributed by atoms with E-state index in [2.05, 4.69) is 15.6 Å². The molecule has 10 heteroatoms. The number of halogens is 2. The second kappa shape index (κ2) is 9.41. The van der Waals surface area contributed by atoms with Gasteiger partial charge in [0.05, 0.1) is 5.39 Å². The van der Waals surface area contributed by atoms with Gasteiger partial charge in [0.15, 0.2) is 0 Å². The van der Waals surface area contributed by atoms with Crippen molar-refractivity contribution in [2.75, 3.05) is 19.6 Å². The highest BCUT2D eigenvalue weighted by Crippen LogP contribution is 2.06. The predicted molar refractivity (Wildman–Crippen MR) is 97.6 cm³/mol. The van der Waals surface area contributed by atoms with Crippen LogP contribution >= 0.6 is 24.8 Å². The number of pyridine rings is 1. The Hall–Kier alpha value is -1.90. The van der Waals surface area contributed by atoms with Crippen LogP contribution in [0.3, 0.4) is 0 Å². The van der Waals surface area contributed by atoms with Gasteiger partial charge >= 0.3 is 5.69 Å². The van der Waals surface area contributed by atoms with Crippen LogP contribution in [0.2, 0.25) is 0 Å². The van der Waals surface area contributed by atoms with Crippen LogP contribution < -0.4 is 21.9 Å². The Labute approximate surface area is 151 Å². The van der Waals surface area contributed by atoms with E-state index in [9.17, 15) is 14.4 Å². The topological polar surface area (TPSA) is 98.0 Å². The highest BCUT2D eigenvalue weighted by Gasteiger charge is 2.13. The van der Waals surface area contributed by atoms with Crippen molar-refractivity contribution < 1.29 is 4.79 Å². The number of nitrogens with zero attached hydrogens (tertiary/aromatic N) is 3. The molecule has 2 aromatic heterocycles. The number of hydrogen-bond donors (Lipinski definition) is 2. The maximum absolute atomic E-state index is 12.0. The van der Waals surface area contributed by atoms with E-state index >= 15 is 0 Å². The van der Waals surface area contributed by atoms with E-state index < -0.39 is 11.2 Å². The molecule has 2 rings (SSSR count). The van der Waals surface area contributed by atoms with E-state index in [0.717, 1.165) is 11.1 Å². The summed E-state index contributed by atoms with van der Waals surface area (Å²) in [4.78, 5) is 40.1. The maximum Gasteiger partial charge on any atom is 0.332 e. The summed E-state index contributed by atoms with van der Waals surface area (Å²) in [5, 5.41) is 6.11. The SMILES string of the molecule is CCNCCNC(=O)c1ccc2c(=O)n(C)c(=O)n(C)c2n1.Cl.Cl. The number of rotatable bonds is 5. The zero-order valence-electron chi connectivity index (χ0n) is 13.7. The number of nitrogens with one attached hydrogen (secondary N) is 2. The van der Waals surface area contributed by atoms with Crippen LogP contribution in [-0.2, 0) is 14.1 Å². The third-order valence-electron chi connectivity index (χ3n) is 3.37. The molecule has 0 spiro atoms. The lowest BCUT2D eigenvalue weighted by Crippen LogP contribution is -2.37. The van der Waals surface area contributed by atoms with Crippen molar-refractivity contribution in [3.05, 3.63) is 38.7 Å². The molecule has 0 aliphatic rings. The van der Waals surface area contributed by atoms with Crippen molar-refractivity contribution in [3.8, 4) is 0 Å². The van der Waals surface area contributed by atoms with Crippen molar-refractivity contribution in [2.24, 2.45) is 14.1 Å². The Morgan fingerprint density at radius 2 is 1.79 bits per heavy atom. The summed E-state index contributed by atoms with van der Waals surface area (Å²) in [7, 11) is 2.93. The van der Waals surface area contributed by atoms with E-state index in [1.54, 1.807) is 0 Å². The van der Waals surface area contributed by atoms with Crippen molar-refractivity contribution in [3.63, 3.8) is 0 Å². The number of aryl methyl sites for hydroxylation is 1. The van der Waals surface area contributed by atoms with Crippen LogP contribution in [0.25, 0.3) is 11.0 Å². The minimum absolute atomic E-state index is 0. The van der Waals surface area contributed by atoms with Gasteiger partial charge in [0.2, 0.25) is 0 Å². The van der Waals surface area contributed by atoms with Crippen LogP contribution in [0.4, 0.5) is 0 Å². The van der Waals surface area contributed by atoms with Crippen molar-refractivity contribution in [1.29, 1.82) is 0 Å². The fourth-order valence-corrected chi connectivity index (χ4v) is 2.11. The first-order valence-electron chi connectivity index (χ1n) is 7.03. The average molecular weight is 378 g/mol. The van der Waals surface area contributed by atoms with Gasteiger partial charge in [-0.15, -0.1) is 24.8 Å². The second-order valence-corrected chi connectivity index (χ2v) is 4.88. The van der Waals surface area contributed by atoms with Crippen LogP contribution in [-0.4, -0.2) is 39.7 Å². The van der Waals surface area contributed by atoms with Gasteiger partial charge in [-0.25, -0.2) is 9.78 Å². The summed E-state index contributed by atoms with van der Waals surface area (Å²) in [6.07, 6.45) is 0. The van der Waals surface area contributed by atoms with Crippen molar-refractivity contribution in [1.82, 2.24) is 24.8 Å². The first-order chi connectivity index (χ1) is 10.5. The number of carbonyl (C=O) groups excluding carboxylic acids is 1. The molecule has 0 fully saturated rings. The number of hydrogen-bond acceptors (Lipinski definition) is 5. The van der Waals surface area contributed by atoms with Crippen molar-refractivity contribution in [2.45, 2.75) is 6.92 Å². The van der Waals surface area contributed by atoms with E-state index in [0.29, 0.717) is 18.5 Å². The third kappa shape index (κ3) is 4.34. The quantitative estimate of drug-likeness (QED) is 0.704. The fraction of sp³-hybridized carbons (Fsp3) is 0.429. The molecule has 2 N–H and O–H groups in total. The average Bonchev–Trinajstić information content (AvgIpc) is 2.54. The van der Waals surface area contributed by atoms with Gasteiger partial charge in [-0.3, -0.25) is 18.7 Å². The lowest BCUT2D eigenvalue weighted by Gasteiger charge is -2.09. The van der Waals surface area contributed by atoms with Crippen molar-refractivity contribution >= 4 is 41.8 Å². The van der Waals surface area contributed by atoms with Gasteiger partial charge in [0, 0.05) is 27.2 Å². The Morgan fingerprint density at radius 3 is 2.42 bits per heavy atom. The van der Waals surface area contributed by atoms with Gasteiger partial charge in [-0.2, -0.15) is 0 Å². The van der Waals surface area contributed by atoms with E-state index in [1.165, 1.54) is 30.8 Å². The second-order valence-electron chi connectivity index (χ2n) is 4.88. The first-order valence-corrected chi connectivity index (χ1v) is 7.03. The van der Waals surface area contributed by atoms with Gasteiger partial charge in [0.1, 0.15) is 11.3 Å². The maximum atomic E-state index is 12.0. The van der Waals surface area contributed by atoms with Crippen LogP contribution in [0.5, 0.6) is 0 Å². The van der Waals surface area contributed by atoms with Gasteiger partial charge < -0.3 is 10.6 Å². The summed E-state index contributed by atoms with van der Waals surface area (Å²) >= 11 is 0. The lowest BCUT2D eigenvalue weighted by molar-refractivity contribution is 0.0949. The van der Waals surface area contributed by atoms with Gasteiger partial charge in [0.25, 0.3) is 11.5 Å². The standard InChI is InChI=1S/C14H19N5O3.2ClH/c1-4-15-7-8-16-12(20)10-6-5-9-11(17-10)18(2)14(22)19(3)13(9)21;;/h5-6,15H,4,7-8H2,1-3H3,(H,16,20);2*1H. The van der Waals surface area contributed by atoms with Crippen LogP contribution in [0.1, 0.15) is 17.4 Å². The molecule has 2 heterocycles. The number of carbonyl (C=O) groups is 1. The molecule has 0 atom stereocenters. The van der Waals surface area contributed by atoms with E-state index in [4.69, 9.17) is 0 Å². The number of likely N-dealkylation sites (N-methyl/N-ethyl adjacent to an activating group) is 1. The zero-order valence-corrected chi connectivity index (χ0v) is 15.3. The van der Waals surface area contributed by atoms with Crippen LogP contribution in [0.15, 0.2) is 21.7 Å². The largest absolute Gasteiger partial charge is 0.349 e. The molecule has 1 amide bonds. The highest BCUT2D eigenvalue weighted by molar-refractivity contribution is 5.94. The third-order valence-corrected chi connectivity index (χ3v) is 3.37. The summed E-state index contributed by atoms with van der Waals surface area (Å²) in [6, 6.07) is 3.00. The van der Waals surface area contributed by atoms with Crippen LogP contribution in [0, 0.1) is 0 Å². The van der Waals surface area contributed by atoms with Gasteiger partial charge in [-0.05, 0) is 18.7 Å². The highest BCUT2D eigenvalue weighted by atomic mass is 35.5. The summed E-state index contributed by atoms with van der Waals surface area (Å²) < 4.78 is 2.27. The molecule has 0 aliphatic carbocycles. The number of fused-ring (bicyclic) bond motifs is 1. The van der Waals surface area contributed by atoms with E-state index in [-0.39, 0.29) is 42.1 Å². The summed E-state index contributed by atoms with van der Waals surface area (Å²) in [5.41, 5.74) is -0.529. The molecule has 2 aromatic rings. The monoisotopic (exact) mass is 377 g/mol. The zero-order chi connectivity index (χ0) is 16.3. The molecule has 0 aromatic carbocycles. The Kier molecular flexibility index (Phi) is 8.66. The molecule has 0 saturated carbocycles. The Bertz CT molecular complexity index is 831. The predicted octanol–water partition coefficient (Wildman–Crippen LogP) is -0.185. The smallest absolute Gasteiger partial charge is 0.332 e. The summed E-state index contributed by atoms with van der Waals surface area (Å²) in [5.74, 6) is -0.340. The summed E-state index contributed by atoms with van der Waals surface area (Å²) in [6.45, 7) is 3.94. The molecule has 0 unspecified atom stereocenters. The molecule has 24 heavy (non-hydrogen) atoms. The molecular formula is C14H21Cl2N5O3. The number of aromatic nitrogens is 3. The molecule has 0 bridgehead atoms. The molecule has 0 saturated heterocycles. The minimum Gasteiger partial charge on any atom is -0.349 e. The van der Waals surface area contributed by atoms with Gasteiger partial charge in [-0.1, -0.05) is 6.92 Å². The fourth-order valence-electron chi connectivity index (χ4n) is 2.11. The number of amides is 1. The molecule has 8 nitrogen and oxygen atoms in total. The normalized spacial score (nSPS) is 9.96. The lowest BCUT2D eigenvalue weighted by atomic mass is 10.2. The first kappa shape index (κ1) is 22.1. The molecule has 0 aliphatic heterocycles.